The van der Waals surface area contributed by atoms with Crippen molar-refractivity contribution < 1.29 is 21.6 Å². The fourth-order valence-corrected chi connectivity index (χ4v) is 1.98. The van der Waals surface area contributed by atoms with Gasteiger partial charge in [0.25, 0.3) is 0 Å². The van der Waals surface area contributed by atoms with Crippen LogP contribution in [0.3, 0.4) is 0 Å². The van der Waals surface area contributed by atoms with E-state index in [0.29, 0.717) is 0 Å². The van der Waals surface area contributed by atoms with Crippen molar-refractivity contribution in [3.63, 3.8) is 0 Å². The Kier molecular flexibility index (Phi) is 4.62. The maximum absolute atomic E-state index is 12.7. The average Bonchev–Trinajstić information content (AvgIpc) is 2.17. The molecule has 1 aromatic carbocycles. The predicted molar refractivity (Wildman–Crippen MR) is 65.6 cm³/mol. The van der Waals surface area contributed by atoms with Crippen LogP contribution in [-0.2, 0) is 16.2 Å². The summed E-state index contributed by atoms with van der Waals surface area (Å²) in [7, 11) is -3.70. The Bertz CT molecular complexity index is 531. The van der Waals surface area contributed by atoms with Gasteiger partial charge >= 0.3 is 6.18 Å². The molecule has 0 aliphatic heterocycles. The van der Waals surface area contributed by atoms with E-state index in [0.717, 1.165) is 6.07 Å². The summed E-state index contributed by atoms with van der Waals surface area (Å²) in [6.45, 7) is -0.191. The van der Waals surface area contributed by atoms with Crippen LogP contribution in [0.4, 0.5) is 18.9 Å². The Hall–Kier alpha value is -0.800. The van der Waals surface area contributed by atoms with Gasteiger partial charge in [-0.3, -0.25) is 0 Å². The molecule has 3 N–H and O–H groups in total. The second-order valence-electron chi connectivity index (χ2n) is 3.48. The molecule has 0 atom stereocenters. The highest BCUT2D eigenvalue weighted by atomic mass is 79.9. The third-order valence-corrected chi connectivity index (χ3v) is 3.26. The number of nitrogens with one attached hydrogen (secondary N) is 1. The number of primary sulfonamides is 1. The zero-order valence-electron chi connectivity index (χ0n) is 8.96. The van der Waals surface area contributed by atoms with Gasteiger partial charge in [-0.1, -0.05) is 15.9 Å². The minimum atomic E-state index is -4.52. The first kappa shape index (κ1) is 15.3. The van der Waals surface area contributed by atoms with Gasteiger partial charge in [-0.25, -0.2) is 13.6 Å². The number of rotatable bonds is 4. The molecular weight excluding hydrogens is 337 g/mol. The molecule has 18 heavy (non-hydrogen) atoms. The monoisotopic (exact) mass is 346 g/mol. The molecule has 0 fully saturated rings. The number of nitrogens with two attached hydrogens (primary N) is 1. The molecule has 0 saturated heterocycles. The lowest BCUT2D eigenvalue weighted by molar-refractivity contribution is -0.137. The van der Waals surface area contributed by atoms with Crippen LogP contribution in [0.1, 0.15) is 5.56 Å². The SMILES string of the molecule is NS(=O)(=O)CCNc1ccc(Br)cc1C(F)(F)F. The first-order valence-electron chi connectivity index (χ1n) is 4.71. The molecule has 0 unspecified atom stereocenters. The number of halogens is 4. The largest absolute Gasteiger partial charge is 0.418 e. The van der Waals surface area contributed by atoms with Crippen LogP contribution in [0.25, 0.3) is 0 Å². The summed E-state index contributed by atoms with van der Waals surface area (Å²) >= 11 is 2.95. The van der Waals surface area contributed by atoms with Crippen molar-refractivity contribution in [2.24, 2.45) is 5.14 Å². The number of anilines is 1. The molecule has 0 spiro atoms. The van der Waals surface area contributed by atoms with Crippen molar-refractivity contribution >= 4 is 31.6 Å². The van der Waals surface area contributed by atoms with E-state index in [1.165, 1.54) is 12.1 Å². The van der Waals surface area contributed by atoms with Crippen molar-refractivity contribution in [2.75, 3.05) is 17.6 Å². The van der Waals surface area contributed by atoms with Crippen LogP contribution in [-0.4, -0.2) is 20.7 Å². The molecular formula is C9H10BrF3N2O2S. The Morgan fingerprint density at radius 3 is 2.44 bits per heavy atom. The molecule has 0 aliphatic rings. The van der Waals surface area contributed by atoms with E-state index >= 15 is 0 Å². The molecule has 1 aromatic rings. The quantitative estimate of drug-likeness (QED) is 0.877. The first-order chi connectivity index (χ1) is 8.09. The van der Waals surface area contributed by atoms with Crippen LogP contribution in [0.5, 0.6) is 0 Å². The Labute approximate surface area is 111 Å². The van der Waals surface area contributed by atoms with Gasteiger partial charge in [-0.2, -0.15) is 13.2 Å². The minimum absolute atomic E-state index is 0.186. The lowest BCUT2D eigenvalue weighted by atomic mass is 10.1. The predicted octanol–water partition coefficient (Wildman–Crippen LogP) is 2.17. The average molecular weight is 347 g/mol. The molecule has 0 saturated carbocycles. The standard InChI is InChI=1S/C9H10BrF3N2O2S/c10-6-1-2-8(7(5-6)9(11,12)13)15-3-4-18(14,16)17/h1-2,5,15H,3-4H2,(H2,14,16,17). The zero-order chi connectivity index (χ0) is 14.0. The number of sulfonamides is 1. The highest BCUT2D eigenvalue weighted by molar-refractivity contribution is 9.10. The van der Waals surface area contributed by atoms with Crippen LogP contribution in [0.15, 0.2) is 22.7 Å². The molecule has 0 heterocycles. The molecule has 0 radical (unpaired) electrons. The van der Waals surface area contributed by atoms with Crippen LogP contribution in [0, 0.1) is 0 Å². The van der Waals surface area contributed by atoms with E-state index in [1.807, 2.05) is 0 Å². The summed E-state index contributed by atoms with van der Waals surface area (Å²) in [4.78, 5) is 0. The van der Waals surface area contributed by atoms with Gasteiger partial charge in [0, 0.05) is 16.7 Å². The number of hydrogen-bond donors (Lipinski definition) is 2. The normalized spacial score (nSPS) is 12.5. The Balaban J connectivity index is 2.89. The van der Waals surface area contributed by atoms with Gasteiger partial charge in [0.05, 0.1) is 11.3 Å². The number of alkyl halides is 3. The van der Waals surface area contributed by atoms with E-state index in [-0.39, 0.29) is 16.7 Å². The summed E-state index contributed by atoms with van der Waals surface area (Å²) in [5.74, 6) is -0.444. The van der Waals surface area contributed by atoms with Crippen molar-refractivity contribution in [1.29, 1.82) is 0 Å². The van der Waals surface area contributed by atoms with Gasteiger partial charge in [0.2, 0.25) is 10.0 Å². The fourth-order valence-electron chi connectivity index (χ4n) is 1.23. The lowest BCUT2D eigenvalue weighted by Gasteiger charge is -2.14. The molecule has 4 nitrogen and oxygen atoms in total. The summed E-state index contributed by atoms with van der Waals surface area (Å²) in [6.07, 6.45) is -4.52. The van der Waals surface area contributed by atoms with Gasteiger partial charge in [0.1, 0.15) is 0 Å². The third-order valence-electron chi connectivity index (χ3n) is 1.99. The summed E-state index contributed by atoms with van der Waals surface area (Å²) < 4.78 is 59.7. The maximum atomic E-state index is 12.7. The van der Waals surface area contributed by atoms with E-state index in [9.17, 15) is 21.6 Å². The summed E-state index contributed by atoms with van der Waals surface area (Å²) in [5.41, 5.74) is -1.05. The van der Waals surface area contributed by atoms with E-state index in [4.69, 9.17) is 5.14 Å². The second kappa shape index (κ2) is 5.45. The molecule has 0 aromatic heterocycles. The number of benzene rings is 1. The highest BCUT2D eigenvalue weighted by Crippen LogP contribution is 2.36. The minimum Gasteiger partial charge on any atom is -0.383 e. The molecule has 1 rings (SSSR count). The lowest BCUT2D eigenvalue weighted by Crippen LogP contribution is -2.23. The fraction of sp³-hybridized carbons (Fsp3) is 0.333. The topological polar surface area (TPSA) is 72.2 Å². The highest BCUT2D eigenvalue weighted by Gasteiger charge is 2.33. The van der Waals surface area contributed by atoms with Crippen LogP contribution < -0.4 is 10.5 Å². The van der Waals surface area contributed by atoms with Gasteiger partial charge in [0.15, 0.2) is 0 Å². The van der Waals surface area contributed by atoms with Crippen LogP contribution in [0.2, 0.25) is 0 Å². The van der Waals surface area contributed by atoms with Crippen molar-refractivity contribution in [3.05, 3.63) is 28.2 Å². The molecule has 9 heteroatoms. The Morgan fingerprint density at radius 2 is 1.94 bits per heavy atom. The number of hydrogen-bond acceptors (Lipinski definition) is 3. The molecule has 0 aliphatic carbocycles. The van der Waals surface area contributed by atoms with E-state index < -0.39 is 27.5 Å². The van der Waals surface area contributed by atoms with E-state index in [2.05, 4.69) is 21.2 Å². The summed E-state index contributed by atoms with van der Waals surface area (Å²) in [6, 6.07) is 3.56. The maximum Gasteiger partial charge on any atom is 0.418 e. The van der Waals surface area contributed by atoms with Crippen LogP contribution >= 0.6 is 15.9 Å². The van der Waals surface area contributed by atoms with Crippen molar-refractivity contribution in [1.82, 2.24) is 0 Å². The van der Waals surface area contributed by atoms with Gasteiger partial charge in [-0.05, 0) is 18.2 Å². The molecule has 0 amide bonds. The van der Waals surface area contributed by atoms with Gasteiger partial charge in [-0.15, -0.1) is 0 Å². The van der Waals surface area contributed by atoms with Crippen molar-refractivity contribution in [3.8, 4) is 0 Å². The molecule has 102 valence electrons. The Morgan fingerprint density at radius 1 is 1.33 bits per heavy atom. The third kappa shape index (κ3) is 4.83. The van der Waals surface area contributed by atoms with Crippen molar-refractivity contribution in [2.45, 2.75) is 6.18 Å². The van der Waals surface area contributed by atoms with E-state index in [1.54, 1.807) is 0 Å². The summed E-state index contributed by atoms with van der Waals surface area (Å²) in [5, 5.41) is 7.15. The molecule has 0 bridgehead atoms. The second-order valence-corrected chi connectivity index (χ2v) is 6.13. The van der Waals surface area contributed by atoms with Gasteiger partial charge < -0.3 is 5.32 Å². The smallest absolute Gasteiger partial charge is 0.383 e. The zero-order valence-corrected chi connectivity index (χ0v) is 11.4. The first-order valence-corrected chi connectivity index (χ1v) is 7.21.